The smallest absolute Gasteiger partial charge is 0.269 e. The maximum atomic E-state index is 13.3. The van der Waals surface area contributed by atoms with Crippen molar-refractivity contribution in [1.29, 1.82) is 0 Å². The maximum Gasteiger partial charge on any atom is 0.269 e. The zero-order valence-electron chi connectivity index (χ0n) is 16.8. The summed E-state index contributed by atoms with van der Waals surface area (Å²) >= 11 is 5.94. The molecular formula is C21H20ClN5O3S. The van der Waals surface area contributed by atoms with E-state index in [4.69, 9.17) is 16.3 Å². The number of nitrogens with one attached hydrogen (secondary N) is 2. The first-order valence-corrected chi connectivity index (χ1v) is 11.2. The Bertz CT molecular complexity index is 1340. The number of methoxy groups -OCH3 is 1. The number of fused-ring (bicyclic) bond motifs is 1. The molecule has 0 aliphatic rings. The standard InChI is InChI=1S/C21H20ClN5O3S/c1-23-11-14-13-27(31(28,29)16-4-3-9-24-12-16)19-10-15(5-6-17(14)19)25-18-7-8-20(22)26-21(18)30-2/h3-10,12-13,23,25H,11H2,1-2H3. The molecule has 0 aliphatic carbocycles. The molecule has 3 heterocycles. The number of hydrogen-bond donors (Lipinski definition) is 2. The van der Waals surface area contributed by atoms with Crippen LogP contribution in [0.25, 0.3) is 10.9 Å². The first kappa shape index (κ1) is 21.1. The van der Waals surface area contributed by atoms with E-state index in [-0.39, 0.29) is 4.90 Å². The normalized spacial score (nSPS) is 11.6. The molecule has 1 aromatic carbocycles. The highest BCUT2D eigenvalue weighted by molar-refractivity contribution is 7.90. The highest BCUT2D eigenvalue weighted by Gasteiger charge is 2.22. The zero-order valence-corrected chi connectivity index (χ0v) is 18.4. The van der Waals surface area contributed by atoms with Crippen molar-refractivity contribution >= 4 is 43.9 Å². The summed E-state index contributed by atoms with van der Waals surface area (Å²) in [4.78, 5) is 8.21. The minimum Gasteiger partial charge on any atom is -0.479 e. The van der Waals surface area contributed by atoms with Crippen molar-refractivity contribution in [3.63, 3.8) is 0 Å². The average Bonchev–Trinajstić information content (AvgIpc) is 3.14. The molecule has 160 valence electrons. The summed E-state index contributed by atoms with van der Waals surface area (Å²) in [5.41, 5.74) is 2.68. The number of nitrogens with zero attached hydrogens (tertiary/aromatic N) is 3. The van der Waals surface area contributed by atoms with Gasteiger partial charge in [0.1, 0.15) is 15.7 Å². The largest absolute Gasteiger partial charge is 0.479 e. The Morgan fingerprint density at radius 3 is 2.74 bits per heavy atom. The number of pyridine rings is 2. The van der Waals surface area contributed by atoms with Crippen LogP contribution in [0.15, 0.2) is 66.0 Å². The van der Waals surface area contributed by atoms with Crippen LogP contribution in [-0.2, 0) is 16.6 Å². The van der Waals surface area contributed by atoms with Gasteiger partial charge in [0.2, 0.25) is 5.88 Å². The second-order valence-electron chi connectivity index (χ2n) is 6.72. The van der Waals surface area contributed by atoms with E-state index in [0.717, 1.165) is 10.9 Å². The molecule has 0 unspecified atom stereocenters. The number of hydrogen-bond acceptors (Lipinski definition) is 7. The lowest BCUT2D eigenvalue weighted by Crippen LogP contribution is -2.12. The molecule has 3 aromatic heterocycles. The van der Waals surface area contributed by atoms with Crippen molar-refractivity contribution < 1.29 is 13.2 Å². The van der Waals surface area contributed by atoms with Gasteiger partial charge in [0.25, 0.3) is 10.0 Å². The summed E-state index contributed by atoms with van der Waals surface area (Å²) in [7, 11) is -0.510. The zero-order chi connectivity index (χ0) is 22.0. The Morgan fingerprint density at radius 2 is 2.03 bits per heavy atom. The molecule has 8 nitrogen and oxygen atoms in total. The van der Waals surface area contributed by atoms with Crippen LogP contribution in [0.2, 0.25) is 5.15 Å². The highest BCUT2D eigenvalue weighted by atomic mass is 35.5. The fourth-order valence-electron chi connectivity index (χ4n) is 3.31. The molecule has 0 radical (unpaired) electrons. The van der Waals surface area contributed by atoms with E-state index in [1.54, 1.807) is 30.5 Å². The van der Waals surface area contributed by atoms with Crippen LogP contribution < -0.4 is 15.4 Å². The van der Waals surface area contributed by atoms with Crippen molar-refractivity contribution in [2.75, 3.05) is 19.5 Å². The SMILES string of the molecule is CNCc1cn(S(=O)(=O)c2cccnc2)c2cc(Nc3ccc(Cl)nc3OC)ccc12. The van der Waals surface area contributed by atoms with Gasteiger partial charge in [-0.05, 0) is 49.0 Å². The number of halogens is 1. The van der Waals surface area contributed by atoms with Gasteiger partial charge in [0.15, 0.2) is 0 Å². The third-order valence-corrected chi connectivity index (χ3v) is 6.58. The van der Waals surface area contributed by atoms with Gasteiger partial charge in [0.05, 0.1) is 12.6 Å². The van der Waals surface area contributed by atoms with Crippen molar-refractivity contribution in [2.45, 2.75) is 11.4 Å². The van der Waals surface area contributed by atoms with Crippen LogP contribution in [0.5, 0.6) is 5.88 Å². The number of rotatable bonds is 7. The quantitative estimate of drug-likeness (QED) is 0.407. The Labute approximate surface area is 184 Å². The Kier molecular flexibility index (Phi) is 5.81. The fraction of sp³-hybridized carbons (Fsp3) is 0.143. The van der Waals surface area contributed by atoms with Gasteiger partial charge >= 0.3 is 0 Å². The van der Waals surface area contributed by atoms with Crippen molar-refractivity contribution in [3.8, 4) is 5.88 Å². The lowest BCUT2D eigenvalue weighted by molar-refractivity contribution is 0.400. The summed E-state index contributed by atoms with van der Waals surface area (Å²) in [5.74, 6) is 0.335. The number of benzene rings is 1. The molecule has 0 amide bonds. The van der Waals surface area contributed by atoms with E-state index in [1.165, 1.54) is 29.5 Å². The van der Waals surface area contributed by atoms with Crippen LogP contribution in [0.4, 0.5) is 11.4 Å². The molecule has 4 aromatic rings. The van der Waals surface area contributed by atoms with E-state index >= 15 is 0 Å². The van der Waals surface area contributed by atoms with Crippen LogP contribution in [0, 0.1) is 0 Å². The summed E-state index contributed by atoms with van der Waals surface area (Å²) < 4.78 is 33.2. The number of aromatic nitrogens is 3. The molecule has 0 saturated carbocycles. The van der Waals surface area contributed by atoms with Gasteiger partial charge in [-0.25, -0.2) is 12.4 Å². The third kappa shape index (κ3) is 4.07. The predicted molar refractivity (Wildman–Crippen MR) is 121 cm³/mol. The van der Waals surface area contributed by atoms with Gasteiger partial charge < -0.3 is 15.4 Å². The molecule has 10 heteroatoms. The topological polar surface area (TPSA) is 98.1 Å². The number of ether oxygens (including phenoxy) is 1. The van der Waals surface area contributed by atoms with Gasteiger partial charge in [-0.15, -0.1) is 0 Å². The molecule has 0 saturated heterocycles. The van der Waals surface area contributed by atoms with Crippen LogP contribution >= 0.6 is 11.6 Å². The summed E-state index contributed by atoms with van der Waals surface area (Å²) in [6.07, 6.45) is 4.51. The van der Waals surface area contributed by atoms with Crippen LogP contribution in [0.3, 0.4) is 0 Å². The molecule has 0 fully saturated rings. The second kappa shape index (κ2) is 8.54. The molecule has 2 N–H and O–H groups in total. The molecular weight excluding hydrogens is 438 g/mol. The van der Waals surface area contributed by atoms with Crippen molar-refractivity contribution in [1.82, 2.24) is 19.3 Å². The van der Waals surface area contributed by atoms with E-state index in [2.05, 4.69) is 20.6 Å². The number of anilines is 2. The lowest BCUT2D eigenvalue weighted by Gasteiger charge is -2.12. The van der Waals surface area contributed by atoms with Crippen LogP contribution in [-0.4, -0.2) is 36.5 Å². The van der Waals surface area contributed by atoms with E-state index in [1.807, 2.05) is 19.2 Å². The minimum atomic E-state index is -3.83. The minimum absolute atomic E-state index is 0.116. The van der Waals surface area contributed by atoms with Crippen LogP contribution in [0.1, 0.15) is 5.56 Å². The second-order valence-corrected chi connectivity index (χ2v) is 8.92. The van der Waals surface area contributed by atoms with E-state index < -0.39 is 10.0 Å². The van der Waals surface area contributed by atoms with Gasteiger partial charge in [0, 0.05) is 36.2 Å². The summed E-state index contributed by atoms with van der Waals surface area (Å²) in [6, 6.07) is 12.0. The van der Waals surface area contributed by atoms with Crippen molar-refractivity contribution in [2.24, 2.45) is 0 Å². The van der Waals surface area contributed by atoms with E-state index in [0.29, 0.717) is 34.5 Å². The van der Waals surface area contributed by atoms with Crippen molar-refractivity contribution in [3.05, 3.63) is 71.8 Å². The predicted octanol–water partition coefficient (Wildman–Crippen LogP) is 3.79. The average molecular weight is 458 g/mol. The lowest BCUT2D eigenvalue weighted by atomic mass is 10.1. The summed E-state index contributed by atoms with van der Waals surface area (Å²) in [5, 5.41) is 7.44. The Balaban J connectivity index is 1.84. The molecule has 4 rings (SSSR count). The Morgan fingerprint density at radius 1 is 1.19 bits per heavy atom. The highest BCUT2D eigenvalue weighted by Crippen LogP contribution is 2.32. The fourth-order valence-corrected chi connectivity index (χ4v) is 4.80. The van der Waals surface area contributed by atoms with Gasteiger partial charge in [-0.1, -0.05) is 17.7 Å². The van der Waals surface area contributed by atoms with E-state index in [9.17, 15) is 8.42 Å². The van der Waals surface area contributed by atoms with Gasteiger partial charge in [-0.3, -0.25) is 4.98 Å². The first-order valence-electron chi connectivity index (χ1n) is 9.36. The molecule has 0 aliphatic heterocycles. The third-order valence-electron chi connectivity index (χ3n) is 4.71. The van der Waals surface area contributed by atoms with Gasteiger partial charge in [-0.2, -0.15) is 4.98 Å². The molecule has 0 bridgehead atoms. The summed E-state index contributed by atoms with van der Waals surface area (Å²) in [6.45, 7) is 0.522. The molecule has 0 atom stereocenters. The maximum absolute atomic E-state index is 13.3. The molecule has 0 spiro atoms. The first-order chi connectivity index (χ1) is 14.9. The monoisotopic (exact) mass is 457 g/mol. The Hall–Kier alpha value is -3.14. The molecule has 31 heavy (non-hydrogen) atoms.